The van der Waals surface area contributed by atoms with Gasteiger partial charge in [-0.25, -0.2) is 0 Å². The molecule has 4 saturated heterocycles. The number of amides is 2. The molecule has 2 amide bonds. The lowest BCUT2D eigenvalue weighted by atomic mass is 9.74. The Kier molecular flexibility index (Phi) is 6.34. The van der Waals surface area contributed by atoms with Crippen molar-refractivity contribution in [3.05, 3.63) is 60.2 Å². The first kappa shape index (κ1) is 25.4. The Morgan fingerprint density at radius 2 is 1.67 bits per heavy atom. The van der Waals surface area contributed by atoms with Crippen molar-refractivity contribution in [1.29, 1.82) is 0 Å². The van der Waals surface area contributed by atoms with Crippen LogP contribution in [0, 0.1) is 0 Å². The summed E-state index contributed by atoms with van der Waals surface area (Å²) in [5, 5.41) is 0. The lowest BCUT2D eigenvalue weighted by Crippen LogP contribution is -2.72. The van der Waals surface area contributed by atoms with Crippen molar-refractivity contribution in [2.45, 2.75) is 54.4 Å². The zero-order chi connectivity index (χ0) is 25.9. The van der Waals surface area contributed by atoms with Crippen molar-refractivity contribution in [1.82, 2.24) is 9.80 Å². The van der Waals surface area contributed by atoms with Crippen molar-refractivity contribution < 1.29 is 18.0 Å². The summed E-state index contributed by atoms with van der Waals surface area (Å²) in [5.74, 6) is -0.0454. The van der Waals surface area contributed by atoms with Crippen LogP contribution < -0.4 is 4.90 Å². The highest BCUT2D eigenvalue weighted by Gasteiger charge is 2.76. The minimum absolute atomic E-state index is 0.0164. The van der Waals surface area contributed by atoms with Crippen LogP contribution in [-0.4, -0.2) is 56.5 Å². The third-order valence-corrected chi connectivity index (χ3v) is 10.8. The second-order valence-electron chi connectivity index (χ2n) is 9.51. The van der Waals surface area contributed by atoms with Gasteiger partial charge in [0.05, 0.1) is 0 Å². The van der Waals surface area contributed by atoms with E-state index in [0.29, 0.717) is 9.95 Å². The third-order valence-electron chi connectivity index (χ3n) is 7.79. The first-order chi connectivity index (χ1) is 17.2. The molecular formula is C25H25N3O4S4. The number of piperazine rings is 1. The second kappa shape index (κ2) is 8.97. The number of rotatable bonds is 3. The highest BCUT2D eigenvalue weighted by Crippen LogP contribution is 2.67. The zero-order valence-corrected chi connectivity index (χ0v) is 23.3. The summed E-state index contributed by atoms with van der Waals surface area (Å²) in [6.45, 7) is 4.03. The molecule has 1 spiro atoms. The van der Waals surface area contributed by atoms with Gasteiger partial charge in [-0.05, 0) is 37.1 Å². The summed E-state index contributed by atoms with van der Waals surface area (Å²) >= 11 is 7.73. The van der Waals surface area contributed by atoms with Gasteiger partial charge in [-0.2, -0.15) is 8.42 Å². The number of carbonyl (C=O) groups excluding carboxylic acids is 2. The summed E-state index contributed by atoms with van der Waals surface area (Å²) in [5.41, 5.74) is 3.02. The summed E-state index contributed by atoms with van der Waals surface area (Å²) in [4.78, 5) is 32.2. The number of carbonyl (C=O) groups is 2. The van der Waals surface area contributed by atoms with E-state index in [2.05, 4.69) is 48.2 Å². The zero-order valence-electron chi connectivity index (χ0n) is 20.0. The van der Waals surface area contributed by atoms with Gasteiger partial charge in [0.1, 0.15) is 9.69 Å². The normalized spacial score (nSPS) is 31.9. The summed E-state index contributed by atoms with van der Waals surface area (Å²) in [7, 11) is 1.75. The lowest BCUT2D eigenvalue weighted by molar-refractivity contribution is -0.163. The largest absolute Gasteiger partial charge is 0.335 e. The Labute approximate surface area is 227 Å². The van der Waals surface area contributed by atoms with E-state index >= 15 is 0 Å². The maximum absolute atomic E-state index is 14.3. The van der Waals surface area contributed by atoms with Crippen LogP contribution in [-0.2, 0) is 26.6 Å². The van der Waals surface area contributed by atoms with Crippen LogP contribution in [0.1, 0.15) is 38.7 Å². The number of para-hydroxylation sites is 2. The molecule has 188 valence electrons. The average Bonchev–Trinajstić information content (AvgIpc) is 3.24. The van der Waals surface area contributed by atoms with Gasteiger partial charge in [0.25, 0.3) is 11.8 Å². The molecule has 2 bridgehead atoms. The van der Waals surface area contributed by atoms with Gasteiger partial charge >= 0.3 is 11.6 Å². The van der Waals surface area contributed by atoms with Crippen LogP contribution in [0.2, 0.25) is 0 Å². The topological polar surface area (TPSA) is 78.0 Å². The number of thiocarbonyl (C=S) groups is 1. The molecule has 5 heterocycles. The highest BCUT2D eigenvalue weighted by molar-refractivity contribution is 8.48. The van der Waals surface area contributed by atoms with Gasteiger partial charge in [0, 0.05) is 30.3 Å². The van der Waals surface area contributed by atoms with Crippen LogP contribution in [0.25, 0.3) is 0 Å². The standard InChI is InChI=1S/C25H25N3O2S3.O2S/c1-4-14-24-15-25-21(30)26(3)23(2,32-22(31)33-25)20(29)28(25)19(24)27(16-10-6-5-7-11-16)18-13-9-8-12-17(18)24;1-3-2/h5-13,19H,4,14-15H2,1-3H3;/t19-,23?,24?,25?;/m0./s1. The molecule has 0 aliphatic carbocycles. The molecule has 4 fully saturated rings. The predicted molar refractivity (Wildman–Crippen MR) is 147 cm³/mol. The molecule has 5 aliphatic heterocycles. The first-order valence-electron chi connectivity index (χ1n) is 11.6. The molecule has 4 atom stereocenters. The van der Waals surface area contributed by atoms with Gasteiger partial charge < -0.3 is 9.80 Å². The molecule has 5 aliphatic rings. The number of thioether (sulfide) groups is 2. The number of anilines is 2. The van der Waals surface area contributed by atoms with Crippen molar-refractivity contribution in [2.24, 2.45) is 0 Å². The Balaban J connectivity index is 0.000000848. The highest BCUT2D eigenvalue weighted by atomic mass is 32.2. The van der Waals surface area contributed by atoms with Crippen LogP contribution in [0.5, 0.6) is 0 Å². The molecule has 7 nitrogen and oxygen atoms in total. The molecule has 0 radical (unpaired) electrons. The number of hydrogen-bond donors (Lipinski definition) is 0. The van der Waals surface area contributed by atoms with Gasteiger partial charge in [0.15, 0.2) is 9.74 Å². The van der Waals surface area contributed by atoms with Crippen molar-refractivity contribution in [3.8, 4) is 0 Å². The third kappa shape index (κ3) is 3.22. The van der Waals surface area contributed by atoms with E-state index in [0.717, 1.165) is 24.2 Å². The summed E-state index contributed by atoms with van der Waals surface area (Å²) in [6.07, 6.45) is 2.12. The first-order valence-corrected chi connectivity index (χ1v) is 14.3. The SMILES string of the molecule is CCCC12CC34SC(=S)SC(C)(C(=O)N3[C@@H]1N(c1ccccc1)c1ccccc12)N(C)C4=O.O=S=O. The van der Waals surface area contributed by atoms with E-state index in [1.165, 1.54) is 29.1 Å². The van der Waals surface area contributed by atoms with Crippen molar-refractivity contribution in [2.75, 3.05) is 11.9 Å². The second-order valence-corrected chi connectivity index (χ2v) is 13.5. The van der Waals surface area contributed by atoms with Gasteiger partial charge in [-0.1, -0.05) is 85.5 Å². The van der Waals surface area contributed by atoms with Crippen LogP contribution in [0.4, 0.5) is 11.4 Å². The van der Waals surface area contributed by atoms with Gasteiger partial charge in [-0.15, -0.1) is 0 Å². The van der Waals surface area contributed by atoms with E-state index in [1.54, 1.807) is 11.9 Å². The van der Waals surface area contributed by atoms with E-state index in [9.17, 15) is 9.59 Å². The molecule has 0 aromatic heterocycles. The molecule has 0 saturated carbocycles. The van der Waals surface area contributed by atoms with Crippen LogP contribution >= 0.6 is 35.7 Å². The fraction of sp³-hybridized carbons (Fsp3) is 0.400. The Morgan fingerprint density at radius 1 is 1.03 bits per heavy atom. The maximum atomic E-state index is 14.3. The van der Waals surface area contributed by atoms with Gasteiger partial charge in [-0.3, -0.25) is 14.5 Å². The fourth-order valence-electron chi connectivity index (χ4n) is 6.39. The molecule has 0 N–H and O–H groups in total. The smallest absolute Gasteiger partial charge is 0.320 e. The van der Waals surface area contributed by atoms with Crippen LogP contribution in [0.15, 0.2) is 54.6 Å². The van der Waals surface area contributed by atoms with E-state index in [-0.39, 0.29) is 23.4 Å². The monoisotopic (exact) mass is 559 g/mol. The number of nitrogens with zero attached hydrogens (tertiary/aromatic N) is 3. The van der Waals surface area contributed by atoms with Gasteiger partial charge in [0.2, 0.25) is 0 Å². The molecule has 2 aromatic rings. The quantitative estimate of drug-likeness (QED) is 0.512. The number of likely N-dealkylation sites (N-methyl/N-ethyl adjacent to an activating group) is 1. The molecule has 7 rings (SSSR count). The molecule has 11 heteroatoms. The molecular weight excluding hydrogens is 535 g/mol. The van der Waals surface area contributed by atoms with E-state index < -0.39 is 21.3 Å². The van der Waals surface area contributed by atoms with Crippen LogP contribution in [0.3, 0.4) is 0 Å². The lowest BCUT2D eigenvalue weighted by Gasteiger charge is -2.51. The fourth-order valence-corrected chi connectivity index (χ4v) is 10.2. The Hall–Kier alpha value is -2.21. The van der Waals surface area contributed by atoms with Crippen molar-refractivity contribution >= 4 is 74.0 Å². The van der Waals surface area contributed by atoms with E-state index in [1.807, 2.05) is 30.0 Å². The van der Waals surface area contributed by atoms with Crippen molar-refractivity contribution in [3.63, 3.8) is 0 Å². The van der Waals surface area contributed by atoms with E-state index in [4.69, 9.17) is 20.6 Å². The number of benzene rings is 2. The Bertz CT molecular complexity index is 1300. The Morgan fingerprint density at radius 3 is 2.33 bits per heavy atom. The minimum Gasteiger partial charge on any atom is -0.320 e. The summed E-state index contributed by atoms with van der Waals surface area (Å²) < 4.78 is 17.2. The number of fused-ring (bicyclic) bond motifs is 6. The molecule has 3 unspecified atom stereocenters. The average molecular weight is 560 g/mol. The number of hydrogen-bond acceptors (Lipinski definition) is 8. The minimum atomic E-state index is -1.04. The maximum Gasteiger partial charge on any atom is 0.335 e. The molecule has 36 heavy (non-hydrogen) atoms. The summed E-state index contributed by atoms with van der Waals surface area (Å²) in [6, 6.07) is 18.7. The molecule has 2 aromatic carbocycles. The predicted octanol–water partition coefficient (Wildman–Crippen LogP) is 4.41.